The van der Waals surface area contributed by atoms with Crippen LogP contribution in [0.15, 0.2) is 103 Å². The third kappa shape index (κ3) is 5.47. The van der Waals surface area contributed by atoms with Crippen molar-refractivity contribution in [2.45, 2.75) is 0 Å². The molecule has 0 saturated carbocycles. The van der Waals surface area contributed by atoms with Crippen LogP contribution >= 0.6 is 0 Å². The van der Waals surface area contributed by atoms with E-state index in [9.17, 15) is 14.4 Å². The van der Waals surface area contributed by atoms with Gasteiger partial charge in [0.05, 0.1) is 0 Å². The first-order chi connectivity index (χ1) is 14.1. The fourth-order valence-electron chi connectivity index (χ4n) is 2.63. The first-order valence-electron chi connectivity index (χ1n) is 9.09. The predicted octanol–water partition coefficient (Wildman–Crippen LogP) is 4.61. The zero-order valence-electron chi connectivity index (χ0n) is 15.6. The van der Waals surface area contributed by atoms with Gasteiger partial charge in [0.25, 0.3) is 17.7 Å². The molecule has 4 heteroatoms. The topological polar surface area (TPSA) is 54.5 Å². The summed E-state index contributed by atoms with van der Waals surface area (Å²) in [5.74, 6) is -2.08. The van der Waals surface area contributed by atoms with E-state index in [0.717, 1.165) is 11.1 Å². The number of hydrogen-bond donors (Lipinski definition) is 0. The van der Waals surface area contributed by atoms with Gasteiger partial charge < -0.3 is 0 Å². The molecule has 0 atom stereocenters. The van der Waals surface area contributed by atoms with Crippen LogP contribution in [0.25, 0.3) is 12.2 Å². The zero-order valence-corrected chi connectivity index (χ0v) is 15.6. The fraction of sp³-hybridized carbons (Fsp3) is 0. The maximum Gasteiger partial charge on any atom is 0.267 e. The first-order valence-corrected chi connectivity index (χ1v) is 9.09. The number of carbonyl (C=O) groups excluding carboxylic acids is 3. The highest BCUT2D eigenvalue weighted by Crippen LogP contribution is 2.10. The van der Waals surface area contributed by atoms with E-state index in [0.29, 0.717) is 4.90 Å². The second-order valence-corrected chi connectivity index (χ2v) is 6.17. The molecule has 4 nitrogen and oxygen atoms in total. The lowest BCUT2D eigenvalue weighted by atomic mass is 10.1. The molecule has 0 bridgehead atoms. The van der Waals surface area contributed by atoms with Crippen molar-refractivity contribution in [3.05, 3.63) is 120 Å². The van der Waals surface area contributed by atoms with E-state index in [1.54, 1.807) is 42.5 Å². The summed E-state index contributed by atoms with van der Waals surface area (Å²) in [6, 6.07) is 26.6. The van der Waals surface area contributed by atoms with Crippen molar-refractivity contribution in [1.29, 1.82) is 0 Å². The summed E-state index contributed by atoms with van der Waals surface area (Å²) in [5, 5.41) is 0. The number of carbonyl (C=O) groups is 3. The first kappa shape index (κ1) is 19.7. The van der Waals surface area contributed by atoms with Crippen LogP contribution in [0.5, 0.6) is 0 Å². The summed E-state index contributed by atoms with van der Waals surface area (Å²) < 4.78 is 0. The summed E-state index contributed by atoms with van der Waals surface area (Å²) >= 11 is 0. The molecule has 0 aromatic heterocycles. The molecule has 3 rings (SSSR count). The maximum atomic E-state index is 12.9. The molecule has 0 N–H and O–H groups in total. The Hall–Kier alpha value is -4.05. The van der Waals surface area contributed by atoms with Gasteiger partial charge in [-0.15, -0.1) is 0 Å². The van der Waals surface area contributed by atoms with E-state index in [1.807, 2.05) is 60.7 Å². The Bertz CT molecular complexity index is 978. The standard InChI is InChI=1S/C25H19NO3/c27-23(18-16-20-10-4-1-5-11-20)26(25(29)22-14-8-3-9-15-22)24(28)19-17-21-12-6-2-7-13-21/h1-19H/b18-16-,19-17+. The van der Waals surface area contributed by atoms with Crippen LogP contribution in [0.2, 0.25) is 0 Å². The lowest BCUT2D eigenvalue weighted by Crippen LogP contribution is -2.40. The molecule has 0 aliphatic heterocycles. The zero-order chi connectivity index (χ0) is 20.5. The number of hydrogen-bond acceptors (Lipinski definition) is 3. The summed E-state index contributed by atoms with van der Waals surface area (Å²) in [5.41, 5.74) is 1.84. The van der Waals surface area contributed by atoms with Crippen LogP contribution in [0, 0.1) is 0 Å². The molecule has 0 unspecified atom stereocenters. The van der Waals surface area contributed by atoms with Gasteiger partial charge in [0.2, 0.25) is 0 Å². The van der Waals surface area contributed by atoms with Gasteiger partial charge in [0.15, 0.2) is 0 Å². The molecule has 0 radical (unpaired) electrons. The van der Waals surface area contributed by atoms with E-state index < -0.39 is 17.7 Å². The van der Waals surface area contributed by atoms with Gasteiger partial charge in [0.1, 0.15) is 0 Å². The molecule has 0 heterocycles. The van der Waals surface area contributed by atoms with Gasteiger partial charge in [-0.3, -0.25) is 14.4 Å². The highest BCUT2D eigenvalue weighted by atomic mass is 16.2. The monoisotopic (exact) mass is 381 g/mol. The van der Waals surface area contributed by atoms with E-state index >= 15 is 0 Å². The second-order valence-electron chi connectivity index (χ2n) is 6.17. The minimum atomic E-state index is -0.703. The number of imide groups is 3. The second kappa shape index (κ2) is 9.76. The predicted molar refractivity (Wildman–Crippen MR) is 114 cm³/mol. The van der Waals surface area contributed by atoms with Crippen molar-refractivity contribution in [3.63, 3.8) is 0 Å². The van der Waals surface area contributed by atoms with Crippen molar-refractivity contribution in [3.8, 4) is 0 Å². The average Bonchev–Trinajstić information content (AvgIpc) is 2.78. The molecule has 29 heavy (non-hydrogen) atoms. The third-order valence-corrected chi connectivity index (χ3v) is 4.10. The van der Waals surface area contributed by atoms with Gasteiger partial charge in [-0.2, -0.15) is 0 Å². The average molecular weight is 381 g/mol. The molecule has 3 amide bonds. The van der Waals surface area contributed by atoms with Gasteiger partial charge in [0, 0.05) is 17.7 Å². The van der Waals surface area contributed by atoms with Crippen LogP contribution in [-0.4, -0.2) is 22.6 Å². The Morgan fingerprint density at radius 2 is 0.931 bits per heavy atom. The van der Waals surface area contributed by atoms with E-state index in [1.165, 1.54) is 12.2 Å². The summed E-state index contributed by atoms with van der Waals surface area (Å²) in [6.07, 6.45) is 5.60. The lowest BCUT2D eigenvalue weighted by molar-refractivity contribution is -0.135. The number of rotatable bonds is 5. The van der Waals surface area contributed by atoms with Crippen molar-refractivity contribution >= 4 is 29.9 Å². The SMILES string of the molecule is O=C(/C=C\c1ccccc1)N(C(=O)/C=C/c1ccccc1)C(=O)c1ccccc1. The van der Waals surface area contributed by atoms with Gasteiger partial charge in [-0.1, -0.05) is 78.9 Å². The molecular formula is C25H19NO3. The van der Waals surface area contributed by atoms with Crippen LogP contribution < -0.4 is 0 Å². The largest absolute Gasteiger partial charge is 0.269 e. The summed E-state index contributed by atoms with van der Waals surface area (Å²) in [4.78, 5) is 39.0. The molecule has 3 aromatic carbocycles. The normalized spacial score (nSPS) is 10.9. The highest BCUT2D eigenvalue weighted by molar-refractivity contribution is 6.22. The fourth-order valence-corrected chi connectivity index (χ4v) is 2.63. The molecule has 142 valence electrons. The Kier molecular flexibility index (Phi) is 6.63. The van der Waals surface area contributed by atoms with Gasteiger partial charge in [-0.05, 0) is 35.4 Å². The molecule has 0 fully saturated rings. The minimum absolute atomic E-state index is 0.260. The number of nitrogens with zero attached hydrogens (tertiary/aromatic N) is 1. The molecule has 0 spiro atoms. The summed E-state index contributed by atoms with van der Waals surface area (Å²) in [6.45, 7) is 0. The minimum Gasteiger partial charge on any atom is -0.269 e. The Balaban J connectivity index is 1.87. The van der Waals surface area contributed by atoms with E-state index in [4.69, 9.17) is 0 Å². The maximum absolute atomic E-state index is 12.9. The molecule has 0 aliphatic carbocycles. The van der Waals surface area contributed by atoms with E-state index in [2.05, 4.69) is 0 Å². The molecular weight excluding hydrogens is 362 g/mol. The quantitative estimate of drug-likeness (QED) is 0.607. The Morgan fingerprint density at radius 3 is 1.34 bits per heavy atom. The number of amides is 3. The highest BCUT2D eigenvalue weighted by Gasteiger charge is 2.26. The lowest BCUT2D eigenvalue weighted by Gasteiger charge is -2.16. The van der Waals surface area contributed by atoms with Crippen LogP contribution in [0.4, 0.5) is 0 Å². The van der Waals surface area contributed by atoms with Crippen molar-refractivity contribution in [2.75, 3.05) is 0 Å². The van der Waals surface area contributed by atoms with Crippen molar-refractivity contribution in [1.82, 2.24) is 4.90 Å². The van der Waals surface area contributed by atoms with Crippen LogP contribution in [0.3, 0.4) is 0 Å². The third-order valence-electron chi connectivity index (χ3n) is 4.10. The van der Waals surface area contributed by atoms with Gasteiger partial charge >= 0.3 is 0 Å². The number of benzene rings is 3. The molecule has 0 saturated heterocycles. The summed E-state index contributed by atoms with van der Waals surface area (Å²) in [7, 11) is 0. The Labute approximate surface area is 169 Å². The molecule has 0 aliphatic rings. The van der Waals surface area contributed by atoms with E-state index in [-0.39, 0.29) is 5.56 Å². The van der Waals surface area contributed by atoms with Crippen molar-refractivity contribution in [2.24, 2.45) is 0 Å². The smallest absolute Gasteiger partial charge is 0.267 e. The van der Waals surface area contributed by atoms with Crippen LogP contribution in [0.1, 0.15) is 21.5 Å². The van der Waals surface area contributed by atoms with Gasteiger partial charge in [-0.25, -0.2) is 4.90 Å². The van der Waals surface area contributed by atoms with Crippen molar-refractivity contribution < 1.29 is 14.4 Å². The Morgan fingerprint density at radius 1 is 0.552 bits per heavy atom. The molecule has 3 aromatic rings. The van der Waals surface area contributed by atoms with Crippen LogP contribution in [-0.2, 0) is 9.59 Å².